The second kappa shape index (κ2) is 5.36. The molecular weight excluding hydrogens is 237 g/mol. The lowest BCUT2D eigenvalue weighted by Crippen LogP contribution is -2.24. The summed E-state index contributed by atoms with van der Waals surface area (Å²) < 4.78 is 13.0. The van der Waals surface area contributed by atoms with E-state index in [-0.39, 0.29) is 11.2 Å². The Bertz CT molecular complexity index is 441. The van der Waals surface area contributed by atoms with Gasteiger partial charge in [0, 0.05) is 12.2 Å². The molecule has 0 spiro atoms. The lowest BCUT2D eigenvalue weighted by Gasteiger charge is -2.32. The van der Waals surface area contributed by atoms with Crippen LogP contribution in [0.1, 0.15) is 51.6 Å². The van der Waals surface area contributed by atoms with Crippen LogP contribution in [0.4, 0.5) is 4.39 Å². The first-order valence-electron chi connectivity index (χ1n) is 7.07. The van der Waals surface area contributed by atoms with E-state index in [2.05, 4.69) is 32.3 Å². The lowest BCUT2D eigenvalue weighted by atomic mass is 9.90. The summed E-state index contributed by atoms with van der Waals surface area (Å²) >= 11 is 0. The Morgan fingerprint density at radius 1 is 1.32 bits per heavy atom. The van der Waals surface area contributed by atoms with Gasteiger partial charge in [0.25, 0.3) is 0 Å². The molecule has 0 N–H and O–H groups in total. The van der Waals surface area contributed by atoms with Crippen molar-refractivity contribution < 1.29 is 4.39 Å². The van der Waals surface area contributed by atoms with Gasteiger partial charge in [-0.1, -0.05) is 39.5 Å². The molecule has 19 heavy (non-hydrogen) atoms. The number of benzene rings is 1. The summed E-state index contributed by atoms with van der Waals surface area (Å²) in [5.74, 6) is -0.165. The van der Waals surface area contributed by atoms with Crippen LogP contribution in [-0.2, 0) is 0 Å². The van der Waals surface area contributed by atoms with Crippen molar-refractivity contribution in [1.82, 2.24) is 4.90 Å². The Kier molecular flexibility index (Phi) is 3.98. The molecule has 0 saturated carbocycles. The van der Waals surface area contributed by atoms with Gasteiger partial charge in [0.15, 0.2) is 0 Å². The molecule has 1 aliphatic rings. The molecular formula is C17H24FN. The summed E-state index contributed by atoms with van der Waals surface area (Å²) in [4.78, 5) is 2.40. The quantitative estimate of drug-likeness (QED) is 0.747. The van der Waals surface area contributed by atoms with Crippen molar-refractivity contribution in [3.05, 3.63) is 47.9 Å². The highest BCUT2D eigenvalue weighted by Gasteiger charge is 2.28. The van der Waals surface area contributed by atoms with Gasteiger partial charge in [0.1, 0.15) is 5.82 Å². The molecule has 1 saturated heterocycles. The molecule has 1 atom stereocenters. The average molecular weight is 261 g/mol. The topological polar surface area (TPSA) is 3.24 Å². The van der Waals surface area contributed by atoms with Gasteiger partial charge in [-0.25, -0.2) is 4.39 Å². The van der Waals surface area contributed by atoms with Gasteiger partial charge in [-0.05, 0) is 42.4 Å². The van der Waals surface area contributed by atoms with Gasteiger partial charge in [-0.15, -0.1) is 0 Å². The fraction of sp³-hybridized carbons (Fsp3) is 0.529. The van der Waals surface area contributed by atoms with Crippen molar-refractivity contribution in [3.8, 4) is 0 Å². The van der Waals surface area contributed by atoms with E-state index >= 15 is 0 Å². The van der Waals surface area contributed by atoms with Crippen molar-refractivity contribution in [2.75, 3.05) is 6.54 Å². The predicted molar refractivity (Wildman–Crippen MR) is 78.3 cm³/mol. The Balaban J connectivity index is 2.12. The first-order chi connectivity index (χ1) is 8.87. The van der Waals surface area contributed by atoms with E-state index in [1.807, 2.05) is 12.1 Å². The molecule has 2 rings (SSSR count). The van der Waals surface area contributed by atoms with E-state index in [0.29, 0.717) is 6.04 Å². The van der Waals surface area contributed by atoms with Crippen LogP contribution in [0.2, 0.25) is 0 Å². The number of nitrogens with zero attached hydrogens (tertiary/aromatic N) is 1. The number of rotatable bonds is 3. The third-order valence-corrected chi connectivity index (χ3v) is 3.65. The number of allylic oxidation sites excluding steroid dienone is 1. The van der Waals surface area contributed by atoms with Gasteiger partial charge >= 0.3 is 0 Å². The van der Waals surface area contributed by atoms with Crippen LogP contribution >= 0.6 is 0 Å². The number of likely N-dealkylation sites (tertiary alicyclic amines) is 1. The third-order valence-electron chi connectivity index (χ3n) is 3.65. The highest BCUT2D eigenvalue weighted by atomic mass is 19.1. The van der Waals surface area contributed by atoms with Gasteiger partial charge in [0.05, 0.1) is 6.04 Å². The summed E-state index contributed by atoms with van der Waals surface area (Å²) in [5, 5.41) is 0. The molecule has 1 fully saturated rings. The minimum Gasteiger partial charge on any atom is -0.368 e. The normalized spacial score (nSPS) is 19.8. The van der Waals surface area contributed by atoms with E-state index in [1.54, 1.807) is 12.1 Å². The SMILES string of the molecule is C=C(CC(C)(C)C)N1CCCC1c1ccc(F)cc1. The van der Waals surface area contributed by atoms with Crippen LogP contribution < -0.4 is 0 Å². The Hall–Kier alpha value is -1.31. The molecule has 0 radical (unpaired) electrons. The Morgan fingerprint density at radius 3 is 2.53 bits per heavy atom. The smallest absolute Gasteiger partial charge is 0.123 e. The number of hydrogen-bond acceptors (Lipinski definition) is 1. The summed E-state index contributed by atoms with van der Waals surface area (Å²) in [6.45, 7) is 12.0. The number of hydrogen-bond donors (Lipinski definition) is 0. The van der Waals surface area contributed by atoms with Gasteiger partial charge in [-0.3, -0.25) is 0 Å². The lowest BCUT2D eigenvalue weighted by molar-refractivity contribution is 0.277. The van der Waals surface area contributed by atoms with E-state index in [0.717, 1.165) is 19.4 Å². The van der Waals surface area contributed by atoms with Gasteiger partial charge in [0.2, 0.25) is 0 Å². The molecule has 0 amide bonds. The zero-order valence-corrected chi connectivity index (χ0v) is 12.2. The highest BCUT2D eigenvalue weighted by molar-refractivity contribution is 5.22. The minimum absolute atomic E-state index is 0.165. The van der Waals surface area contributed by atoms with Crippen LogP contribution in [0.25, 0.3) is 0 Å². The summed E-state index contributed by atoms with van der Waals surface area (Å²) in [7, 11) is 0. The molecule has 0 bridgehead atoms. The first kappa shape index (κ1) is 14.1. The second-order valence-electron chi connectivity index (χ2n) is 6.71. The van der Waals surface area contributed by atoms with Crippen molar-refractivity contribution >= 4 is 0 Å². The monoisotopic (exact) mass is 261 g/mol. The van der Waals surface area contributed by atoms with Gasteiger partial charge in [-0.2, -0.15) is 0 Å². The molecule has 1 nitrogen and oxygen atoms in total. The van der Waals surface area contributed by atoms with E-state index in [4.69, 9.17) is 0 Å². The molecule has 1 aromatic carbocycles. The van der Waals surface area contributed by atoms with Crippen molar-refractivity contribution in [2.45, 2.75) is 46.1 Å². The molecule has 104 valence electrons. The van der Waals surface area contributed by atoms with Crippen molar-refractivity contribution in [1.29, 1.82) is 0 Å². The van der Waals surface area contributed by atoms with Crippen LogP contribution in [0, 0.1) is 11.2 Å². The van der Waals surface area contributed by atoms with E-state index in [1.165, 1.54) is 17.7 Å². The summed E-state index contributed by atoms with van der Waals surface area (Å²) in [6.07, 6.45) is 3.32. The predicted octanol–water partition coefficient (Wildman–Crippen LogP) is 4.91. The molecule has 1 unspecified atom stereocenters. The maximum absolute atomic E-state index is 13.0. The first-order valence-corrected chi connectivity index (χ1v) is 7.07. The Labute approximate surface area is 116 Å². The molecule has 1 aliphatic heterocycles. The van der Waals surface area contributed by atoms with Crippen LogP contribution in [-0.4, -0.2) is 11.4 Å². The molecule has 0 aliphatic carbocycles. The third kappa shape index (κ3) is 3.59. The Morgan fingerprint density at radius 2 is 1.95 bits per heavy atom. The number of halogens is 1. The fourth-order valence-corrected chi connectivity index (χ4v) is 2.89. The van der Waals surface area contributed by atoms with E-state index in [9.17, 15) is 4.39 Å². The van der Waals surface area contributed by atoms with E-state index < -0.39 is 0 Å². The van der Waals surface area contributed by atoms with Gasteiger partial charge < -0.3 is 4.90 Å². The molecule has 0 aromatic heterocycles. The summed E-state index contributed by atoms with van der Waals surface area (Å²) in [6, 6.07) is 7.29. The largest absolute Gasteiger partial charge is 0.368 e. The molecule has 1 heterocycles. The molecule has 1 aromatic rings. The maximum Gasteiger partial charge on any atom is 0.123 e. The zero-order valence-electron chi connectivity index (χ0n) is 12.2. The highest BCUT2D eigenvalue weighted by Crippen LogP contribution is 2.37. The minimum atomic E-state index is -0.165. The van der Waals surface area contributed by atoms with Crippen LogP contribution in [0.15, 0.2) is 36.5 Å². The maximum atomic E-state index is 13.0. The standard InChI is InChI=1S/C17H24FN/c1-13(12-17(2,3)4)19-11-5-6-16(19)14-7-9-15(18)10-8-14/h7-10,16H,1,5-6,11-12H2,2-4H3. The van der Waals surface area contributed by atoms with Crippen LogP contribution in [0.5, 0.6) is 0 Å². The average Bonchev–Trinajstić information content (AvgIpc) is 2.76. The fourth-order valence-electron chi connectivity index (χ4n) is 2.89. The molecule has 2 heteroatoms. The second-order valence-corrected chi connectivity index (χ2v) is 6.71. The zero-order chi connectivity index (χ0) is 14.0. The van der Waals surface area contributed by atoms with Crippen molar-refractivity contribution in [3.63, 3.8) is 0 Å². The van der Waals surface area contributed by atoms with Crippen molar-refractivity contribution in [2.24, 2.45) is 5.41 Å². The van der Waals surface area contributed by atoms with Crippen LogP contribution in [0.3, 0.4) is 0 Å². The summed E-state index contributed by atoms with van der Waals surface area (Å²) in [5.41, 5.74) is 2.67.